The van der Waals surface area contributed by atoms with E-state index in [1.807, 2.05) is 27.7 Å². The van der Waals surface area contributed by atoms with Gasteiger partial charge in [-0.1, -0.05) is 13.8 Å². The summed E-state index contributed by atoms with van der Waals surface area (Å²) in [4.78, 5) is 14.4. The molecule has 0 aromatic carbocycles. The largest absolute Gasteiger partial charge is 0.389 e. The van der Waals surface area contributed by atoms with E-state index in [0.29, 0.717) is 19.6 Å². The number of carbonyl (C=O) groups is 1. The first-order valence-corrected chi connectivity index (χ1v) is 7.42. The van der Waals surface area contributed by atoms with Crippen LogP contribution in [0.15, 0.2) is 0 Å². The minimum absolute atomic E-state index is 0.0160. The van der Waals surface area contributed by atoms with Crippen molar-refractivity contribution in [3.63, 3.8) is 0 Å². The van der Waals surface area contributed by atoms with Crippen molar-refractivity contribution in [3.05, 3.63) is 0 Å². The average molecular weight is 286 g/mol. The molecule has 20 heavy (non-hydrogen) atoms. The number of carbonyl (C=O) groups excluding carboxylic acids is 1. The van der Waals surface area contributed by atoms with Gasteiger partial charge in [0, 0.05) is 31.5 Å². The van der Waals surface area contributed by atoms with Crippen LogP contribution in [0, 0.1) is 5.41 Å². The molecule has 1 saturated carbocycles. The molecule has 3 N–H and O–H groups in total. The summed E-state index contributed by atoms with van der Waals surface area (Å²) in [7, 11) is 0. The smallest absolute Gasteiger partial charge is 0.243 e. The van der Waals surface area contributed by atoms with Gasteiger partial charge >= 0.3 is 0 Å². The Hall–Kier alpha value is -0.650. The summed E-state index contributed by atoms with van der Waals surface area (Å²) in [5.74, 6) is -0.0944. The van der Waals surface area contributed by atoms with Crippen LogP contribution in [0.3, 0.4) is 0 Å². The van der Waals surface area contributed by atoms with Gasteiger partial charge < -0.3 is 20.5 Å². The lowest BCUT2D eigenvalue weighted by Crippen LogP contribution is -2.76. The number of hydrogen-bond acceptors (Lipinski definition) is 4. The third-order valence-corrected chi connectivity index (χ3v) is 4.46. The molecule has 1 amide bonds. The highest BCUT2D eigenvalue weighted by Gasteiger charge is 2.63. The van der Waals surface area contributed by atoms with Gasteiger partial charge in [0.15, 0.2) is 0 Å². The molecule has 118 valence electrons. The molecule has 0 aliphatic heterocycles. The van der Waals surface area contributed by atoms with Crippen molar-refractivity contribution in [3.8, 4) is 0 Å². The molecule has 0 aromatic heterocycles. The first-order chi connectivity index (χ1) is 8.99. The lowest BCUT2D eigenvalue weighted by Gasteiger charge is -2.58. The number of ether oxygens (including phenoxy) is 1. The topological polar surface area (TPSA) is 75.8 Å². The van der Waals surface area contributed by atoms with E-state index in [0.717, 1.165) is 0 Å². The normalized spacial score (nSPS) is 28.9. The minimum atomic E-state index is -0.921. The van der Waals surface area contributed by atoms with Crippen LogP contribution in [0.25, 0.3) is 0 Å². The first kappa shape index (κ1) is 17.4. The Morgan fingerprint density at radius 1 is 1.45 bits per heavy atom. The molecule has 1 aliphatic carbocycles. The van der Waals surface area contributed by atoms with Gasteiger partial charge in [0.2, 0.25) is 5.91 Å². The number of hydrogen-bond donors (Lipinski definition) is 2. The Morgan fingerprint density at radius 2 is 2.00 bits per heavy atom. The molecule has 2 atom stereocenters. The van der Waals surface area contributed by atoms with Gasteiger partial charge in [-0.25, -0.2) is 0 Å². The molecule has 5 heteroatoms. The number of aliphatic hydroxyl groups is 1. The van der Waals surface area contributed by atoms with Crippen LogP contribution in [-0.2, 0) is 9.53 Å². The highest BCUT2D eigenvalue weighted by Crippen LogP contribution is 2.50. The molecular formula is C15H30N2O3. The summed E-state index contributed by atoms with van der Waals surface area (Å²) >= 11 is 0. The Morgan fingerprint density at radius 3 is 2.35 bits per heavy atom. The lowest BCUT2D eigenvalue weighted by atomic mass is 9.54. The van der Waals surface area contributed by atoms with E-state index in [4.69, 9.17) is 10.5 Å². The molecule has 0 aromatic rings. The van der Waals surface area contributed by atoms with Crippen molar-refractivity contribution >= 4 is 5.91 Å². The van der Waals surface area contributed by atoms with Gasteiger partial charge in [0.25, 0.3) is 0 Å². The number of rotatable bonds is 6. The Bertz CT molecular complexity index is 363. The fourth-order valence-electron chi connectivity index (χ4n) is 2.87. The van der Waals surface area contributed by atoms with Crippen molar-refractivity contribution in [1.29, 1.82) is 0 Å². The Labute approximate surface area is 122 Å². The summed E-state index contributed by atoms with van der Waals surface area (Å²) in [5.41, 5.74) is 4.16. The van der Waals surface area contributed by atoms with Gasteiger partial charge in [-0.2, -0.15) is 0 Å². The van der Waals surface area contributed by atoms with Crippen molar-refractivity contribution in [2.45, 2.75) is 65.2 Å². The van der Waals surface area contributed by atoms with Crippen LogP contribution < -0.4 is 5.73 Å². The highest BCUT2D eigenvalue weighted by molar-refractivity contribution is 5.89. The van der Waals surface area contributed by atoms with Gasteiger partial charge in [0.05, 0.1) is 11.7 Å². The molecule has 0 spiro atoms. The number of nitrogens with zero attached hydrogens (tertiary/aromatic N) is 1. The molecule has 1 fully saturated rings. The molecule has 0 heterocycles. The second kappa shape index (κ2) is 5.62. The van der Waals surface area contributed by atoms with E-state index < -0.39 is 16.6 Å². The van der Waals surface area contributed by atoms with Crippen LogP contribution >= 0.6 is 0 Å². The third kappa shape index (κ3) is 3.00. The SMILES string of the molecule is CCOC1CC(N)(C(=O)N(CC)CC(C)(C)O)C1(C)C. The predicted octanol–water partition coefficient (Wildman–Crippen LogP) is 1.14. The van der Waals surface area contributed by atoms with Gasteiger partial charge in [-0.05, 0) is 27.7 Å². The number of likely N-dealkylation sites (N-methyl/N-ethyl adjacent to an activating group) is 1. The molecule has 5 nitrogen and oxygen atoms in total. The van der Waals surface area contributed by atoms with E-state index in [1.54, 1.807) is 18.7 Å². The summed E-state index contributed by atoms with van der Waals surface area (Å²) in [6, 6.07) is 0. The van der Waals surface area contributed by atoms with E-state index >= 15 is 0 Å². The lowest BCUT2D eigenvalue weighted by molar-refractivity contribution is -0.181. The fraction of sp³-hybridized carbons (Fsp3) is 0.933. The second-order valence-electron chi connectivity index (χ2n) is 6.97. The summed E-state index contributed by atoms with van der Waals surface area (Å²) < 4.78 is 5.65. The standard InChI is InChI=1S/C15H30N2O3/c1-7-17(10-13(3,4)19)12(18)15(16)9-11(20-8-2)14(15,5)6/h11,19H,7-10,16H2,1-6H3. The van der Waals surface area contributed by atoms with Crippen LogP contribution in [-0.4, -0.2) is 52.9 Å². The number of amides is 1. The van der Waals surface area contributed by atoms with E-state index in [2.05, 4.69) is 0 Å². The number of nitrogens with two attached hydrogens (primary N) is 1. The monoisotopic (exact) mass is 286 g/mol. The van der Waals surface area contributed by atoms with Crippen molar-refractivity contribution < 1.29 is 14.6 Å². The maximum Gasteiger partial charge on any atom is 0.243 e. The second-order valence-corrected chi connectivity index (χ2v) is 6.97. The quantitative estimate of drug-likeness (QED) is 0.767. The molecule has 0 radical (unpaired) electrons. The van der Waals surface area contributed by atoms with Gasteiger partial charge in [0.1, 0.15) is 5.54 Å². The van der Waals surface area contributed by atoms with Crippen LogP contribution in [0.5, 0.6) is 0 Å². The predicted molar refractivity (Wildman–Crippen MR) is 79.3 cm³/mol. The van der Waals surface area contributed by atoms with Gasteiger partial charge in [-0.15, -0.1) is 0 Å². The zero-order valence-corrected chi connectivity index (χ0v) is 13.7. The van der Waals surface area contributed by atoms with Crippen LogP contribution in [0.1, 0.15) is 48.0 Å². The zero-order chi connectivity index (χ0) is 15.8. The molecule has 1 rings (SSSR count). The highest BCUT2D eigenvalue weighted by atomic mass is 16.5. The van der Waals surface area contributed by atoms with Crippen molar-refractivity contribution in [1.82, 2.24) is 4.90 Å². The minimum Gasteiger partial charge on any atom is -0.389 e. The zero-order valence-electron chi connectivity index (χ0n) is 13.7. The van der Waals surface area contributed by atoms with Crippen LogP contribution in [0.2, 0.25) is 0 Å². The van der Waals surface area contributed by atoms with E-state index in [9.17, 15) is 9.90 Å². The van der Waals surface area contributed by atoms with Crippen LogP contribution in [0.4, 0.5) is 0 Å². The molecule has 0 bridgehead atoms. The van der Waals surface area contributed by atoms with Gasteiger partial charge in [-0.3, -0.25) is 4.79 Å². The van der Waals surface area contributed by atoms with Crippen molar-refractivity contribution in [2.75, 3.05) is 19.7 Å². The summed E-state index contributed by atoms with van der Waals surface area (Å²) in [5, 5.41) is 9.93. The maximum atomic E-state index is 12.8. The van der Waals surface area contributed by atoms with E-state index in [-0.39, 0.29) is 18.6 Å². The molecule has 2 unspecified atom stereocenters. The van der Waals surface area contributed by atoms with E-state index in [1.165, 1.54) is 0 Å². The molecule has 0 saturated heterocycles. The molecular weight excluding hydrogens is 256 g/mol. The molecule has 1 aliphatic rings. The van der Waals surface area contributed by atoms with Crippen molar-refractivity contribution in [2.24, 2.45) is 11.1 Å². The summed E-state index contributed by atoms with van der Waals surface area (Å²) in [6.07, 6.45) is 0.553. The third-order valence-electron chi connectivity index (χ3n) is 4.46. The first-order valence-electron chi connectivity index (χ1n) is 7.42. The fourth-order valence-corrected chi connectivity index (χ4v) is 2.87. The Balaban J connectivity index is 2.86. The summed E-state index contributed by atoms with van der Waals surface area (Å²) in [6.45, 7) is 12.6. The average Bonchev–Trinajstić information content (AvgIpc) is 2.33. The maximum absolute atomic E-state index is 12.8. The Kier molecular flexibility index (Phi) is 4.89.